The molecule has 4 amide bonds. The lowest BCUT2D eigenvalue weighted by molar-refractivity contribution is -0.562. The highest BCUT2D eigenvalue weighted by Crippen LogP contribution is 2.41. The molecule has 2 heterocycles. The summed E-state index contributed by atoms with van der Waals surface area (Å²) in [4.78, 5) is 96.1. The molecule has 102 heavy (non-hydrogen) atoms. The first kappa shape index (κ1) is 92.5. The van der Waals surface area contributed by atoms with Gasteiger partial charge < -0.3 is 115 Å². The lowest BCUT2D eigenvalue weighted by Crippen LogP contribution is -3.00. The third-order valence-electron chi connectivity index (χ3n) is 17.6. The van der Waals surface area contributed by atoms with Crippen LogP contribution in [-0.4, -0.2) is 169 Å². The number of carbonyl (C=O) groups is 8. The normalized spacial score (nSPS) is 28.9. The highest BCUT2D eigenvalue weighted by molar-refractivity contribution is 6.66. The fraction of sp³-hybridized carbons (Fsp3) is 0.528. The number of nitrogens with one attached hydrogen (secondary N) is 3. The van der Waals surface area contributed by atoms with Gasteiger partial charge in [0, 0.05) is 101 Å². The average molecular weight is 1500 g/mol. The van der Waals surface area contributed by atoms with E-state index >= 15 is 0 Å². The van der Waals surface area contributed by atoms with Gasteiger partial charge in [-0.3, -0.25) is 24.0 Å². The van der Waals surface area contributed by atoms with Crippen LogP contribution in [0.2, 0.25) is 0 Å². The fourth-order valence-corrected chi connectivity index (χ4v) is 11.1. The predicted molar refractivity (Wildman–Crippen MR) is 382 cm³/mol. The standard InChI is InChI=1S/C32H47N3O8.C32H45N3O8.C4H6ClNO.C4H7NO2.2ClH/c2*1-8-12-34-28-23-13-18(2)14-27(42-7)29(37)21(5)15-20(4)26(43-32(33)40)16-22(41-6)11-9-10-19(3)31(39)35-24(30(23)38)17-25(28)36;5-3(7)4(6)1-2-4;5-4(1-2-4)3(6)7;;/h8-11,15,17-18,21-22,26-27,29,34,36-38H,1,12-14,16H2,2-7H3,(H2,33,40)(H,35,39);8-11,15,17-18,21-22,26-27,29,34,37H,1,12-14,16H2,2-7H3,(H2,33,40)(H,35,39);1-2,6H2;1-2,5H2,(H,6,7);2*1H/b2*11-9-,19-10+,20-15+;;;;/t2*18-,21+,22+,26-,27+,29-;;;;/m11..../s1. The van der Waals surface area contributed by atoms with Crippen molar-refractivity contribution in [1.29, 1.82) is 0 Å². The van der Waals surface area contributed by atoms with Crippen molar-refractivity contribution >= 4 is 82.2 Å². The molecule has 0 radical (unpaired) electrons. The number of rotatable bonds is 14. The van der Waals surface area contributed by atoms with Crippen molar-refractivity contribution in [3.63, 3.8) is 0 Å². The number of primary amides is 2. The largest absolute Gasteiger partial charge is 1.00 e. The number of phenolic OH excluding ortho intramolecular Hbond substituents is 2. The molecule has 570 valence electrons. The number of aliphatic hydroxyl groups excluding tert-OH is 2. The van der Waals surface area contributed by atoms with Gasteiger partial charge in [0.1, 0.15) is 29.5 Å². The lowest BCUT2D eigenvalue weighted by atomic mass is 9.85. The minimum atomic E-state index is -1.01. The third-order valence-corrected chi connectivity index (χ3v) is 18.0. The van der Waals surface area contributed by atoms with Crippen LogP contribution in [0.25, 0.3) is 0 Å². The third kappa shape index (κ3) is 29.3. The summed E-state index contributed by atoms with van der Waals surface area (Å²) in [5.74, 6) is -4.28. The summed E-state index contributed by atoms with van der Waals surface area (Å²) in [7, 11) is 6.02. The number of amides is 4. The molecule has 0 saturated heterocycles. The van der Waals surface area contributed by atoms with Crippen molar-refractivity contribution < 1.29 is 116 Å². The minimum Gasteiger partial charge on any atom is -1.00 e. The van der Waals surface area contributed by atoms with Gasteiger partial charge >= 0.3 is 12.2 Å². The number of phenols is 2. The van der Waals surface area contributed by atoms with Crippen molar-refractivity contribution in [2.24, 2.45) is 40.9 Å². The highest BCUT2D eigenvalue weighted by atomic mass is 35.5. The summed E-state index contributed by atoms with van der Waals surface area (Å²) in [6.07, 6.45) is 15.1. The number of aliphatic hydroxyl groups is 2. The van der Waals surface area contributed by atoms with Gasteiger partial charge in [-0.1, -0.05) is 89.0 Å². The maximum Gasteiger partial charge on any atom is 0.405 e. The van der Waals surface area contributed by atoms with E-state index in [1.165, 1.54) is 34.5 Å². The zero-order chi connectivity index (χ0) is 75.5. The maximum atomic E-state index is 13.6. The number of benzene rings is 1. The van der Waals surface area contributed by atoms with Crippen molar-refractivity contribution in [3.8, 4) is 11.5 Å². The highest BCUT2D eigenvalue weighted by Gasteiger charge is 2.45. The molecule has 1 aromatic carbocycles. The van der Waals surface area contributed by atoms with E-state index in [1.54, 1.807) is 87.7 Å². The number of allylic oxidation sites excluding steroid dienone is 6. The minimum absolute atomic E-state index is 0. The van der Waals surface area contributed by atoms with E-state index in [9.17, 15) is 63.9 Å². The smallest absolute Gasteiger partial charge is 0.405 e. The summed E-state index contributed by atoms with van der Waals surface area (Å²) in [5, 5.41) is 64.2. The van der Waals surface area contributed by atoms with Gasteiger partial charge in [-0.15, -0.1) is 19.0 Å². The van der Waals surface area contributed by atoms with E-state index < -0.39 is 113 Å². The van der Waals surface area contributed by atoms with Gasteiger partial charge in [0.25, 0.3) is 11.8 Å². The molecule has 12 atom stereocenters. The first-order chi connectivity index (χ1) is 46.9. The van der Waals surface area contributed by atoms with Crippen LogP contribution in [0, 0.1) is 23.7 Å². The van der Waals surface area contributed by atoms with Gasteiger partial charge in [0.15, 0.2) is 11.4 Å². The maximum absolute atomic E-state index is 13.6. The van der Waals surface area contributed by atoms with Crippen molar-refractivity contribution in [2.75, 3.05) is 46.8 Å². The van der Waals surface area contributed by atoms with Crippen LogP contribution in [0.15, 0.2) is 125 Å². The summed E-state index contributed by atoms with van der Waals surface area (Å²) < 4.78 is 33.2. The van der Waals surface area contributed by atoms with E-state index in [1.807, 2.05) is 33.8 Å². The van der Waals surface area contributed by atoms with Crippen LogP contribution >= 0.6 is 24.0 Å². The molecule has 2 aliphatic heterocycles. The van der Waals surface area contributed by atoms with Gasteiger partial charge in [-0.25, -0.2) is 9.59 Å². The molecule has 30 heteroatoms. The summed E-state index contributed by atoms with van der Waals surface area (Å²) in [6, 6.07) is 1.32. The lowest BCUT2D eigenvalue weighted by Gasteiger charge is -2.29. The number of hydrogen-bond acceptors (Lipinski definition) is 21. The molecule has 1 aromatic rings. The predicted octanol–water partition coefficient (Wildman–Crippen LogP) is 1.44. The molecular formula is C72H107Cl3N8O19. The van der Waals surface area contributed by atoms with Crippen LogP contribution in [-0.2, 0) is 63.6 Å². The Bertz CT molecular complexity index is 3330. The zero-order valence-corrected chi connectivity index (χ0v) is 62.7. The fourth-order valence-electron chi connectivity index (χ4n) is 10.9. The number of hydrogen-bond donors (Lipinski definition) is 12. The zero-order valence-electron chi connectivity index (χ0n) is 60.3. The van der Waals surface area contributed by atoms with E-state index in [0.29, 0.717) is 66.6 Å². The van der Waals surface area contributed by atoms with E-state index in [0.717, 1.165) is 18.9 Å². The second-order valence-electron chi connectivity index (χ2n) is 26.1. The Hall–Kier alpha value is -7.51. The molecule has 4 bridgehead atoms. The molecule has 0 aromatic heterocycles. The molecule has 2 fully saturated rings. The summed E-state index contributed by atoms with van der Waals surface area (Å²) >= 11 is 5.05. The second-order valence-corrected chi connectivity index (χ2v) is 26.4. The molecule has 6 rings (SSSR count). The number of quaternary nitrogens is 2. The number of halogens is 3. The van der Waals surface area contributed by atoms with Crippen molar-refractivity contribution in [3.05, 3.63) is 131 Å². The number of carbonyl (C=O) groups excluding carboxylic acids is 8. The Morgan fingerprint density at radius 1 is 0.745 bits per heavy atom. The first-order valence-electron chi connectivity index (χ1n) is 33.0. The van der Waals surface area contributed by atoms with Gasteiger partial charge in [-0.05, 0) is 107 Å². The Labute approximate surface area is 615 Å². The van der Waals surface area contributed by atoms with Crippen molar-refractivity contribution in [2.45, 2.75) is 180 Å². The number of carboxylic acids is 1. The Kier molecular flexibility index (Phi) is 40.1. The second kappa shape index (κ2) is 44.2. The number of methoxy groups -OCH3 is 4. The van der Waals surface area contributed by atoms with Gasteiger partial charge in [-0.2, -0.15) is 0 Å². The van der Waals surface area contributed by atoms with Crippen LogP contribution in [0.1, 0.15) is 119 Å². The quantitative estimate of drug-likeness (QED) is 0.0313. The molecule has 0 unspecified atom stereocenters. The average Bonchev–Trinajstić information content (AvgIpc) is 1.00. The molecule has 5 aliphatic rings. The molecule has 2 saturated carbocycles. The number of aromatic hydroxyl groups is 2. The number of Topliss-reactive ketones (excluding diaryl/α,β-unsaturated/α-hetero) is 1. The number of ether oxygens (including phenoxy) is 6. The Morgan fingerprint density at radius 2 is 1.21 bits per heavy atom. The Balaban J connectivity index is 0.000000836. The van der Waals surface area contributed by atoms with Crippen LogP contribution < -0.4 is 61.7 Å². The van der Waals surface area contributed by atoms with Crippen LogP contribution in [0.5, 0.6) is 11.5 Å². The number of aliphatic carboxylic acids is 1. The van der Waals surface area contributed by atoms with Crippen LogP contribution in [0.4, 0.5) is 21.0 Å². The number of anilines is 1. The summed E-state index contributed by atoms with van der Waals surface area (Å²) in [5.41, 5.74) is 21.3. The van der Waals surface area contributed by atoms with E-state index in [2.05, 4.69) is 34.8 Å². The topological polar surface area (TPSA) is 454 Å². The summed E-state index contributed by atoms with van der Waals surface area (Å²) in [6.45, 7) is 22.4. The number of fused-ring (bicyclic) bond motifs is 4. The monoisotopic (exact) mass is 1490 g/mol. The van der Waals surface area contributed by atoms with Gasteiger partial charge in [0.2, 0.25) is 16.8 Å². The van der Waals surface area contributed by atoms with E-state index in [-0.39, 0.29) is 108 Å². The van der Waals surface area contributed by atoms with E-state index in [4.69, 9.17) is 57.2 Å². The molecule has 18 N–H and O–H groups in total. The van der Waals surface area contributed by atoms with Crippen LogP contribution in [0.3, 0.4) is 0 Å². The molecule has 3 aliphatic carbocycles. The first-order valence-corrected chi connectivity index (χ1v) is 33.4. The Morgan fingerprint density at radius 3 is 1.58 bits per heavy atom. The number of carboxylic acid groups (broad SMARTS) is 1. The van der Waals surface area contributed by atoms with Crippen molar-refractivity contribution in [1.82, 2.24) is 10.6 Å². The number of nitrogens with two attached hydrogens (primary N) is 4. The van der Waals surface area contributed by atoms with Gasteiger partial charge in [0.05, 0.1) is 71.4 Å². The molecule has 27 nitrogen and oxygen atoms in total. The SMILES string of the molecule is C=CCNC1=C2C[C@@H](C)C[C@H](OC)[C@H](O)[C@@H](C)/C=C(\C)[C@H](OC(N)=O)C[C@@H](OC)/C=C\C=C(/C)C(=O)NC(=CC1=O)C2=O.C=CC[NH2+]c1c(O)cc2c(O)c1C[C@@H](C)C[C@H](OC)[C@H](O)[C@@H](C)/C=C(\C)[C@H](OC(N)=O)C[C@@H](OC)/C=C\C=C(/C)C(=O)N2.Cl.NC1(C(=O)Cl)CC1.[Cl-].[NH3+]C1(C(=O)[O-])CC1. The molecular weight excluding hydrogens is 1390 g/mol. The number of ketones is 2. The molecule has 0 spiro atoms.